The molecule has 0 bridgehead atoms. The van der Waals surface area contributed by atoms with E-state index in [0.717, 1.165) is 0 Å². The topological polar surface area (TPSA) is 58.6 Å². The third-order valence-corrected chi connectivity index (χ3v) is 0.504. The maximum Gasteiger partial charge on any atom is 0.208 e. The Labute approximate surface area is 47.5 Å². The number of amides is 1. The molecular formula is C4H9NO3. The molecule has 0 heterocycles. The molecule has 0 aliphatic heterocycles. The van der Waals surface area contributed by atoms with E-state index in [1.54, 1.807) is 0 Å². The van der Waals surface area contributed by atoms with E-state index < -0.39 is 0 Å². The summed E-state index contributed by atoms with van der Waals surface area (Å²) in [7, 11) is 0. The van der Waals surface area contributed by atoms with Crippen LogP contribution >= 0.6 is 0 Å². The highest BCUT2D eigenvalue weighted by Crippen LogP contribution is 1.64. The van der Waals surface area contributed by atoms with Gasteiger partial charge in [0.25, 0.3) is 0 Å². The zero-order valence-electron chi connectivity index (χ0n) is 4.46. The average Bonchev–Trinajstić information content (AvgIpc) is 1.81. The van der Waals surface area contributed by atoms with Gasteiger partial charge in [0.15, 0.2) is 0 Å². The Kier molecular flexibility index (Phi) is 5.90. The van der Waals surface area contributed by atoms with E-state index in [4.69, 9.17) is 5.11 Å². The highest BCUT2D eigenvalue weighted by atomic mass is 16.5. The Morgan fingerprint density at radius 3 is 3.00 bits per heavy atom. The van der Waals surface area contributed by atoms with Gasteiger partial charge in [-0.25, -0.2) is 0 Å². The second kappa shape index (κ2) is 6.39. The third kappa shape index (κ3) is 5.39. The Bertz CT molecular complexity index is 57.2. The average molecular weight is 119 g/mol. The molecule has 4 heteroatoms. The van der Waals surface area contributed by atoms with Crippen LogP contribution in [0.1, 0.15) is 0 Å². The Morgan fingerprint density at radius 1 is 1.75 bits per heavy atom. The van der Waals surface area contributed by atoms with Crippen molar-refractivity contribution < 1.29 is 14.6 Å². The smallest absolute Gasteiger partial charge is 0.208 e. The lowest BCUT2D eigenvalue weighted by molar-refractivity contribution is -0.111. The molecule has 0 aliphatic rings. The summed E-state index contributed by atoms with van der Waals surface area (Å²) in [4.78, 5) is 9.51. The first-order valence-corrected chi connectivity index (χ1v) is 2.27. The van der Waals surface area contributed by atoms with Crippen molar-refractivity contribution in [3.8, 4) is 0 Å². The number of carbonyl (C=O) groups excluding carboxylic acids is 1. The molecule has 0 unspecified atom stereocenters. The van der Waals surface area contributed by atoms with Gasteiger partial charge in [0, 0.05) is 0 Å². The van der Waals surface area contributed by atoms with Gasteiger partial charge < -0.3 is 15.2 Å². The van der Waals surface area contributed by atoms with E-state index in [-0.39, 0.29) is 19.9 Å². The number of nitrogens with one attached hydrogen (secondary N) is 1. The maximum atomic E-state index is 9.51. The highest BCUT2D eigenvalue weighted by molar-refractivity contribution is 5.45. The van der Waals surface area contributed by atoms with Crippen LogP contribution in [-0.4, -0.2) is 31.5 Å². The molecule has 2 N–H and O–H groups in total. The predicted molar refractivity (Wildman–Crippen MR) is 27.1 cm³/mol. The van der Waals surface area contributed by atoms with Crippen molar-refractivity contribution in [2.75, 3.05) is 19.9 Å². The highest BCUT2D eigenvalue weighted by Gasteiger charge is 1.79. The van der Waals surface area contributed by atoms with Crippen LogP contribution in [0.3, 0.4) is 0 Å². The van der Waals surface area contributed by atoms with Crippen molar-refractivity contribution >= 4 is 6.41 Å². The lowest BCUT2D eigenvalue weighted by Crippen LogP contribution is -2.16. The van der Waals surface area contributed by atoms with Gasteiger partial charge in [0.2, 0.25) is 6.41 Å². The molecule has 0 rings (SSSR count). The van der Waals surface area contributed by atoms with Gasteiger partial charge in [-0.15, -0.1) is 0 Å². The zero-order valence-corrected chi connectivity index (χ0v) is 4.46. The number of hydrogen-bond donors (Lipinski definition) is 2. The summed E-state index contributed by atoms with van der Waals surface area (Å²) < 4.78 is 4.63. The lowest BCUT2D eigenvalue weighted by Gasteiger charge is -1.97. The van der Waals surface area contributed by atoms with Crippen molar-refractivity contribution in [1.29, 1.82) is 0 Å². The first kappa shape index (κ1) is 7.39. The van der Waals surface area contributed by atoms with E-state index in [9.17, 15) is 4.79 Å². The first-order valence-electron chi connectivity index (χ1n) is 2.27. The SMILES string of the molecule is O=CNCOCCO. The summed E-state index contributed by atoms with van der Waals surface area (Å²) in [5.41, 5.74) is 0. The van der Waals surface area contributed by atoms with Crippen LogP contribution in [-0.2, 0) is 9.53 Å². The molecular weight excluding hydrogens is 110 g/mol. The van der Waals surface area contributed by atoms with Crippen LogP contribution in [0.25, 0.3) is 0 Å². The summed E-state index contributed by atoms with van der Waals surface area (Å²) in [5, 5.41) is 10.4. The minimum Gasteiger partial charge on any atom is -0.394 e. The molecule has 48 valence electrons. The van der Waals surface area contributed by atoms with Crippen LogP contribution in [0.15, 0.2) is 0 Å². The van der Waals surface area contributed by atoms with E-state index in [2.05, 4.69) is 10.1 Å². The van der Waals surface area contributed by atoms with Crippen molar-refractivity contribution in [2.45, 2.75) is 0 Å². The fourth-order valence-corrected chi connectivity index (χ4v) is 0.230. The summed E-state index contributed by atoms with van der Waals surface area (Å²) in [6, 6.07) is 0. The number of aliphatic hydroxyl groups is 1. The molecule has 0 aliphatic carbocycles. The van der Waals surface area contributed by atoms with E-state index in [0.29, 0.717) is 6.41 Å². The van der Waals surface area contributed by atoms with Gasteiger partial charge in [-0.3, -0.25) is 4.79 Å². The van der Waals surface area contributed by atoms with E-state index in [1.165, 1.54) is 0 Å². The number of ether oxygens (including phenoxy) is 1. The molecule has 0 saturated carbocycles. The molecule has 0 fully saturated rings. The summed E-state index contributed by atoms with van der Waals surface area (Å²) in [6.07, 6.45) is 0.539. The maximum absolute atomic E-state index is 9.51. The molecule has 0 aromatic rings. The molecule has 1 amide bonds. The number of hydrogen-bond acceptors (Lipinski definition) is 3. The van der Waals surface area contributed by atoms with Gasteiger partial charge >= 0.3 is 0 Å². The summed E-state index contributed by atoms with van der Waals surface area (Å²) >= 11 is 0. The fourth-order valence-electron chi connectivity index (χ4n) is 0.230. The zero-order chi connectivity index (χ0) is 6.24. The van der Waals surface area contributed by atoms with E-state index in [1.807, 2.05) is 0 Å². The molecule has 0 atom stereocenters. The van der Waals surface area contributed by atoms with E-state index >= 15 is 0 Å². The quantitative estimate of drug-likeness (QED) is 0.268. The molecule has 0 radical (unpaired) electrons. The number of aliphatic hydroxyl groups excluding tert-OH is 1. The standard InChI is InChI=1S/C4H9NO3/c6-1-2-8-4-5-3-7/h3,6H,1-2,4H2,(H,5,7). The van der Waals surface area contributed by atoms with Gasteiger partial charge in [-0.2, -0.15) is 0 Å². The van der Waals surface area contributed by atoms with Crippen LogP contribution in [0.4, 0.5) is 0 Å². The Hall–Kier alpha value is -0.610. The van der Waals surface area contributed by atoms with Crippen molar-refractivity contribution in [3.63, 3.8) is 0 Å². The lowest BCUT2D eigenvalue weighted by atomic mass is 10.8. The molecule has 4 nitrogen and oxygen atoms in total. The van der Waals surface area contributed by atoms with Gasteiger partial charge in [0.1, 0.15) is 6.73 Å². The van der Waals surface area contributed by atoms with Crippen LogP contribution in [0, 0.1) is 0 Å². The fraction of sp³-hybridized carbons (Fsp3) is 0.750. The number of carbonyl (C=O) groups is 1. The Morgan fingerprint density at radius 2 is 2.50 bits per heavy atom. The predicted octanol–water partition coefficient (Wildman–Crippen LogP) is -1.30. The second-order valence-corrected chi connectivity index (χ2v) is 1.10. The van der Waals surface area contributed by atoms with Crippen molar-refractivity contribution in [2.24, 2.45) is 0 Å². The molecule has 0 aromatic heterocycles. The summed E-state index contributed by atoms with van der Waals surface area (Å²) in [6.45, 7) is 0.422. The van der Waals surface area contributed by atoms with Crippen LogP contribution in [0.2, 0.25) is 0 Å². The largest absolute Gasteiger partial charge is 0.394 e. The molecule has 0 saturated heterocycles. The molecule has 0 aromatic carbocycles. The third-order valence-electron chi connectivity index (χ3n) is 0.504. The normalized spacial score (nSPS) is 8.62. The van der Waals surface area contributed by atoms with Gasteiger partial charge in [-0.05, 0) is 0 Å². The van der Waals surface area contributed by atoms with Crippen LogP contribution < -0.4 is 5.32 Å². The van der Waals surface area contributed by atoms with Gasteiger partial charge in [-0.1, -0.05) is 0 Å². The van der Waals surface area contributed by atoms with Crippen LogP contribution in [0.5, 0.6) is 0 Å². The Balaban J connectivity index is 2.62. The number of rotatable bonds is 5. The first-order chi connectivity index (χ1) is 3.91. The van der Waals surface area contributed by atoms with Gasteiger partial charge in [0.05, 0.1) is 13.2 Å². The van der Waals surface area contributed by atoms with Crippen molar-refractivity contribution in [3.05, 3.63) is 0 Å². The molecule has 8 heavy (non-hydrogen) atoms. The summed E-state index contributed by atoms with van der Waals surface area (Å²) in [5.74, 6) is 0. The van der Waals surface area contributed by atoms with Crippen molar-refractivity contribution in [1.82, 2.24) is 5.32 Å². The second-order valence-electron chi connectivity index (χ2n) is 1.10. The monoisotopic (exact) mass is 119 g/mol. The molecule has 0 spiro atoms. The minimum atomic E-state index is -0.0134. The minimum absolute atomic E-state index is 0.0134.